The summed E-state index contributed by atoms with van der Waals surface area (Å²) in [6.45, 7) is 1.26. The third-order valence-corrected chi connectivity index (χ3v) is 2.54. The average molecular weight is 216 g/mol. The average Bonchev–Trinajstić information content (AvgIpc) is 2.42. The molecule has 1 saturated heterocycles. The van der Waals surface area contributed by atoms with Gasteiger partial charge in [0, 0.05) is 26.1 Å². The molecule has 1 aliphatic heterocycles. The molecule has 0 spiro atoms. The van der Waals surface area contributed by atoms with Crippen LogP contribution in [0, 0.1) is 0 Å². The van der Waals surface area contributed by atoms with Crippen molar-refractivity contribution >= 4 is 5.91 Å². The van der Waals surface area contributed by atoms with Crippen molar-refractivity contribution in [3.05, 3.63) is 0 Å². The Morgan fingerprint density at radius 3 is 3.20 bits per heavy atom. The topological polar surface area (TPSA) is 70.6 Å². The van der Waals surface area contributed by atoms with Crippen molar-refractivity contribution in [3.8, 4) is 0 Å². The van der Waals surface area contributed by atoms with Crippen molar-refractivity contribution in [2.24, 2.45) is 0 Å². The van der Waals surface area contributed by atoms with E-state index < -0.39 is 0 Å². The standard InChI is InChI=1S/C10H20N2O3/c1-15-7-9(6-13)12-8-3-2-4-11-10(14)5-8/h8-9,12-13H,2-7H2,1H3,(H,11,14). The van der Waals surface area contributed by atoms with Gasteiger partial charge in [-0.2, -0.15) is 0 Å². The Bertz CT molecular complexity index is 199. The Labute approximate surface area is 90.2 Å². The highest BCUT2D eigenvalue weighted by Crippen LogP contribution is 2.06. The lowest BCUT2D eigenvalue weighted by molar-refractivity contribution is -0.121. The van der Waals surface area contributed by atoms with E-state index in [1.165, 1.54) is 0 Å². The van der Waals surface area contributed by atoms with Gasteiger partial charge in [-0.05, 0) is 12.8 Å². The first-order valence-corrected chi connectivity index (χ1v) is 5.38. The van der Waals surface area contributed by atoms with Gasteiger partial charge in [-0.25, -0.2) is 0 Å². The molecule has 0 radical (unpaired) electrons. The highest BCUT2D eigenvalue weighted by atomic mass is 16.5. The van der Waals surface area contributed by atoms with Crippen molar-refractivity contribution in [2.75, 3.05) is 26.9 Å². The maximum Gasteiger partial charge on any atom is 0.221 e. The Morgan fingerprint density at radius 1 is 1.73 bits per heavy atom. The van der Waals surface area contributed by atoms with E-state index in [0.717, 1.165) is 19.4 Å². The molecule has 5 nitrogen and oxygen atoms in total. The lowest BCUT2D eigenvalue weighted by atomic mass is 10.1. The number of nitrogens with one attached hydrogen (secondary N) is 2. The fourth-order valence-corrected chi connectivity index (χ4v) is 1.80. The molecular formula is C10H20N2O3. The zero-order valence-electron chi connectivity index (χ0n) is 9.16. The van der Waals surface area contributed by atoms with E-state index in [1.807, 2.05) is 0 Å². The Kier molecular flexibility index (Phi) is 5.60. The lowest BCUT2D eigenvalue weighted by Gasteiger charge is -2.22. The first-order chi connectivity index (χ1) is 7.26. The molecule has 1 rings (SSSR count). The minimum Gasteiger partial charge on any atom is -0.395 e. The van der Waals surface area contributed by atoms with Gasteiger partial charge in [-0.15, -0.1) is 0 Å². The van der Waals surface area contributed by atoms with E-state index in [1.54, 1.807) is 7.11 Å². The number of methoxy groups -OCH3 is 1. The first kappa shape index (κ1) is 12.4. The summed E-state index contributed by atoms with van der Waals surface area (Å²) in [6.07, 6.45) is 2.42. The molecule has 1 heterocycles. The van der Waals surface area contributed by atoms with Gasteiger partial charge in [-0.1, -0.05) is 0 Å². The number of aliphatic hydroxyl groups is 1. The Morgan fingerprint density at radius 2 is 2.53 bits per heavy atom. The van der Waals surface area contributed by atoms with Crippen LogP contribution in [0.25, 0.3) is 0 Å². The number of ether oxygens (including phenoxy) is 1. The highest BCUT2D eigenvalue weighted by Gasteiger charge is 2.19. The van der Waals surface area contributed by atoms with Crippen LogP contribution in [-0.4, -0.2) is 50.0 Å². The minimum absolute atomic E-state index is 0.0337. The zero-order chi connectivity index (χ0) is 11.1. The fourth-order valence-electron chi connectivity index (χ4n) is 1.80. The quantitative estimate of drug-likeness (QED) is 0.565. The molecule has 15 heavy (non-hydrogen) atoms. The second-order valence-electron chi connectivity index (χ2n) is 3.89. The Hall–Kier alpha value is -0.650. The van der Waals surface area contributed by atoms with Crippen LogP contribution < -0.4 is 10.6 Å². The molecule has 1 aliphatic rings. The molecule has 2 unspecified atom stereocenters. The molecule has 1 amide bonds. The molecule has 2 atom stereocenters. The van der Waals surface area contributed by atoms with E-state index in [4.69, 9.17) is 9.84 Å². The maximum absolute atomic E-state index is 11.3. The van der Waals surface area contributed by atoms with Crippen LogP contribution in [0.4, 0.5) is 0 Å². The molecule has 0 aliphatic carbocycles. The van der Waals surface area contributed by atoms with E-state index in [0.29, 0.717) is 13.0 Å². The van der Waals surface area contributed by atoms with Gasteiger partial charge in [0.05, 0.1) is 19.3 Å². The van der Waals surface area contributed by atoms with Crippen LogP contribution in [-0.2, 0) is 9.53 Å². The van der Waals surface area contributed by atoms with Crippen LogP contribution in [0.3, 0.4) is 0 Å². The molecule has 0 saturated carbocycles. The number of hydrogen-bond donors (Lipinski definition) is 3. The van der Waals surface area contributed by atoms with E-state index in [9.17, 15) is 4.79 Å². The van der Waals surface area contributed by atoms with E-state index in [2.05, 4.69) is 10.6 Å². The largest absolute Gasteiger partial charge is 0.395 e. The molecule has 0 bridgehead atoms. The van der Waals surface area contributed by atoms with Gasteiger partial charge in [-0.3, -0.25) is 4.79 Å². The minimum atomic E-state index is -0.0779. The molecule has 0 aromatic rings. The molecule has 0 aromatic carbocycles. The second-order valence-corrected chi connectivity index (χ2v) is 3.89. The number of hydrogen-bond acceptors (Lipinski definition) is 4. The number of aliphatic hydroxyl groups excluding tert-OH is 1. The predicted molar refractivity (Wildman–Crippen MR) is 56.5 cm³/mol. The zero-order valence-corrected chi connectivity index (χ0v) is 9.16. The molecular weight excluding hydrogens is 196 g/mol. The third-order valence-electron chi connectivity index (χ3n) is 2.54. The van der Waals surface area contributed by atoms with Crippen LogP contribution in [0.5, 0.6) is 0 Å². The van der Waals surface area contributed by atoms with Crippen molar-refractivity contribution in [1.82, 2.24) is 10.6 Å². The molecule has 0 aromatic heterocycles. The monoisotopic (exact) mass is 216 g/mol. The summed E-state index contributed by atoms with van der Waals surface area (Å²) in [5.41, 5.74) is 0. The smallest absolute Gasteiger partial charge is 0.221 e. The van der Waals surface area contributed by atoms with E-state index >= 15 is 0 Å². The highest BCUT2D eigenvalue weighted by molar-refractivity contribution is 5.76. The number of rotatable bonds is 5. The fraction of sp³-hybridized carbons (Fsp3) is 0.900. The lowest BCUT2D eigenvalue weighted by Crippen LogP contribution is -2.44. The van der Waals surface area contributed by atoms with E-state index in [-0.39, 0.29) is 24.6 Å². The summed E-state index contributed by atoms with van der Waals surface area (Å²) >= 11 is 0. The summed E-state index contributed by atoms with van der Waals surface area (Å²) < 4.78 is 4.97. The van der Waals surface area contributed by atoms with Gasteiger partial charge in [0.1, 0.15) is 0 Å². The van der Waals surface area contributed by atoms with Crippen LogP contribution in [0.1, 0.15) is 19.3 Å². The summed E-state index contributed by atoms with van der Waals surface area (Å²) in [4.78, 5) is 11.3. The van der Waals surface area contributed by atoms with Crippen molar-refractivity contribution in [3.63, 3.8) is 0 Å². The maximum atomic E-state index is 11.3. The van der Waals surface area contributed by atoms with Gasteiger partial charge < -0.3 is 20.5 Å². The van der Waals surface area contributed by atoms with Crippen molar-refractivity contribution in [2.45, 2.75) is 31.3 Å². The van der Waals surface area contributed by atoms with Gasteiger partial charge >= 0.3 is 0 Å². The summed E-state index contributed by atoms with van der Waals surface area (Å²) in [5, 5.41) is 15.1. The van der Waals surface area contributed by atoms with Crippen LogP contribution in [0.15, 0.2) is 0 Å². The molecule has 3 N–H and O–H groups in total. The second kappa shape index (κ2) is 6.76. The number of carbonyl (C=O) groups excluding carboxylic acids is 1. The van der Waals surface area contributed by atoms with Crippen LogP contribution in [0.2, 0.25) is 0 Å². The summed E-state index contributed by atoms with van der Waals surface area (Å²) in [5.74, 6) is 0.0825. The van der Waals surface area contributed by atoms with Gasteiger partial charge in [0.25, 0.3) is 0 Å². The molecule has 88 valence electrons. The molecule has 5 heteroatoms. The van der Waals surface area contributed by atoms with Crippen molar-refractivity contribution < 1.29 is 14.6 Å². The summed E-state index contributed by atoms with van der Waals surface area (Å²) in [6, 6.07) is 0.0747. The van der Waals surface area contributed by atoms with Gasteiger partial charge in [0.15, 0.2) is 0 Å². The normalized spacial score (nSPS) is 24.4. The Balaban J connectivity index is 2.36. The number of amides is 1. The first-order valence-electron chi connectivity index (χ1n) is 5.38. The third kappa shape index (κ3) is 4.59. The predicted octanol–water partition coefficient (Wildman–Crippen LogP) is -0.748. The SMILES string of the molecule is COCC(CO)NC1CCCNC(=O)C1. The number of carbonyl (C=O) groups is 1. The van der Waals surface area contributed by atoms with Crippen LogP contribution >= 0.6 is 0 Å². The molecule has 1 fully saturated rings. The van der Waals surface area contributed by atoms with Gasteiger partial charge in [0.2, 0.25) is 5.91 Å². The van der Waals surface area contributed by atoms with Crippen molar-refractivity contribution in [1.29, 1.82) is 0 Å². The summed E-state index contributed by atoms with van der Waals surface area (Å²) in [7, 11) is 1.60.